The van der Waals surface area contributed by atoms with Gasteiger partial charge in [0.1, 0.15) is 5.54 Å². The van der Waals surface area contributed by atoms with Crippen LogP contribution in [0.25, 0.3) is 0 Å². The Hall–Kier alpha value is -0.610. The molecule has 2 unspecified atom stereocenters. The quantitative estimate of drug-likeness (QED) is 0.723. The highest BCUT2D eigenvalue weighted by Crippen LogP contribution is 2.26. The molecule has 0 amide bonds. The maximum Gasteiger partial charge on any atom is 0.323 e. The Kier molecular flexibility index (Phi) is 6.06. The Labute approximate surface area is 129 Å². The summed E-state index contributed by atoms with van der Waals surface area (Å²) < 4.78 is 0. The van der Waals surface area contributed by atoms with Crippen LogP contribution in [0.15, 0.2) is 0 Å². The summed E-state index contributed by atoms with van der Waals surface area (Å²) >= 11 is 0. The largest absolute Gasteiger partial charge is 0.480 e. The van der Waals surface area contributed by atoms with Gasteiger partial charge in [-0.3, -0.25) is 10.1 Å². The summed E-state index contributed by atoms with van der Waals surface area (Å²) in [5.41, 5.74) is -0.741. The van der Waals surface area contributed by atoms with Gasteiger partial charge in [-0.05, 0) is 65.0 Å². The summed E-state index contributed by atoms with van der Waals surface area (Å²) in [6.07, 6.45) is 10.5. The molecular weight excluding hydrogens is 264 g/mol. The fourth-order valence-electron chi connectivity index (χ4n) is 3.55. The SMILES string of the molecule is CCC1CCCCCN1CCCC(C)(NC1CC1)C(=O)O. The van der Waals surface area contributed by atoms with Gasteiger partial charge in [0, 0.05) is 12.1 Å². The molecule has 2 fully saturated rings. The molecule has 1 heterocycles. The van der Waals surface area contributed by atoms with Gasteiger partial charge in [0.2, 0.25) is 0 Å². The van der Waals surface area contributed by atoms with E-state index in [1.54, 1.807) is 0 Å². The first kappa shape index (κ1) is 16.8. The number of carboxylic acids is 1. The zero-order valence-corrected chi connectivity index (χ0v) is 13.7. The van der Waals surface area contributed by atoms with Crippen LogP contribution in [0.4, 0.5) is 0 Å². The van der Waals surface area contributed by atoms with E-state index in [2.05, 4.69) is 17.1 Å². The molecule has 0 spiro atoms. The van der Waals surface area contributed by atoms with Crippen molar-refractivity contribution in [3.05, 3.63) is 0 Å². The van der Waals surface area contributed by atoms with Crippen LogP contribution in [0.3, 0.4) is 0 Å². The molecule has 122 valence electrons. The minimum Gasteiger partial charge on any atom is -0.480 e. The molecule has 2 rings (SSSR count). The zero-order valence-electron chi connectivity index (χ0n) is 13.7. The molecule has 4 heteroatoms. The summed E-state index contributed by atoms with van der Waals surface area (Å²) in [7, 11) is 0. The Morgan fingerprint density at radius 2 is 2.05 bits per heavy atom. The third kappa shape index (κ3) is 4.96. The van der Waals surface area contributed by atoms with Gasteiger partial charge < -0.3 is 10.0 Å². The van der Waals surface area contributed by atoms with Gasteiger partial charge >= 0.3 is 5.97 Å². The van der Waals surface area contributed by atoms with E-state index in [4.69, 9.17) is 0 Å². The van der Waals surface area contributed by atoms with E-state index >= 15 is 0 Å². The number of hydrogen-bond acceptors (Lipinski definition) is 3. The number of nitrogens with zero attached hydrogens (tertiary/aromatic N) is 1. The van der Waals surface area contributed by atoms with Gasteiger partial charge in [-0.15, -0.1) is 0 Å². The molecule has 1 aliphatic heterocycles. The highest BCUT2D eigenvalue weighted by Gasteiger charge is 2.38. The molecule has 0 radical (unpaired) electrons. The van der Waals surface area contributed by atoms with Crippen LogP contribution in [0.5, 0.6) is 0 Å². The van der Waals surface area contributed by atoms with Crippen molar-refractivity contribution in [2.75, 3.05) is 13.1 Å². The van der Waals surface area contributed by atoms with E-state index in [-0.39, 0.29) is 0 Å². The zero-order chi connectivity index (χ0) is 15.3. The number of carbonyl (C=O) groups is 1. The fourth-order valence-corrected chi connectivity index (χ4v) is 3.55. The summed E-state index contributed by atoms with van der Waals surface area (Å²) in [6.45, 7) is 6.37. The minimum absolute atomic E-state index is 0.438. The lowest BCUT2D eigenvalue weighted by Gasteiger charge is -2.31. The maximum absolute atomic E-state index is 11.6. The maximum atomic E-state index is 11.6. The first-order valence-electron chi connectivity index (χ1n) is 8.80. The van der Waals surface area contributed by atoms with Crippen LogP contribution >= 0.6 is 0 Å². The fraction of sp³-hybridized carbons (Fsp3) is 0.941. The van der Waals surface area contributed by atoms with Crippen LogP contribution in [-0.2, 0) is 4.79 Å². The minimum atomic E-state index is -0.741. The van der Waals surface area contributed by atoms with Gasteiger partial charge in [0.15, 0.2) is 0 Å². The predicted molar refractivity (Wildman–Crippen MR) is 85.6 cm³/mol. The molecule has 0 aromatic heterocycles. The highest BCUT2D eigenvalue weighted by atomic mass is 16.4. The monoisotopic (exact) mass is 296 g/mol. The molecule has 2 N–H and O–H groups in total. The Bertz CT molecular complexity index is 344. The van der Waals surface area contributed by atoms with Gasteiger partial charge in [-0.2, -0.15) is 0 Å². The lowest BCUT2D eigenvalue weighted by molar-refractivity contribution is -0.144. The van der Waals surface area contributed by atoms with Gasteiger partial charge in [-0.1, -0.05) is 19.8 Å². The van der Waals surface area contributed by atoms with Crippen LogP contribution in [0, 0.1) is 0 Å². The molecule has 1 saturated heterocycles. The second-order valence-corrected chi connectivity index (χ2v) is 7.11. The van der Waals surface area contributed by atoms with E-state index in [1.165, 1.54) is 38.6 Å². The summed E-state index contributed by atoms with van der Waals surface area (Å²) in [5.74, 6) is -0.697. The summed E-state index contributed by atoms with van der Waals surface area (Å²) in [5, 5.41) is 12.8. The summed E-state index contributed by atoms with van der Waals surface area (Å²) in [4.78, 5) is 14.2. The van der Waals surface area contributed by atoms with Crippen molar-refractivity contribution < 1.29 is 9.90 Å². The molecule has 2 aliphatic rings. The van der Waals surface area contributed by atoms with Crippen molar-refractivity contribution in [1.29, 1.82) is 0 Å². The highest BCUT2D eigenvalue weighted by molar-refractivity contribution is 5.78. The van der Waals surface area contributed by atoms with Gasteiger partial charge in [0.25, 0.3) is 0 Å². The van der Waals surface area contributed by atoms with Crippen LogP contribution in [-0.4, -0.2) is 46.7 Å². The Morgan fingerprint density at radius 3 is 2.67 bits per heavy atom. The van der Waals surface area contributed by atoms with E-state index in [0.29, 0.717) is 12.1 Å². The molecule has 0 aromatic rings. The van der Waals surface area contributed by atoms with Crippen molar-refractivity contribution in [3.63, 3.8) is 0 Å². The third-order valence-electron chi connectivity index (χ3n) is 5.16. The van der Waals surface area contributed by atoms with E-state index in [9.17, 15) is 9.90 Å². The van der Waals surface area contributed by atoms with Crippen molar-refractivity contribution in [2.45, 2.75) is 89.3 Å². The molecule has 0 aromatic carbocycles. The van der Waals surface area contributed by atoms with Crippen molar-refractivity contribution >= 4 is 5.97 Å². The molecule has 1 saturated carbocycles. The Morgan fingerprint density at radius 1 is 1.29 bits per heavy atom. The molecule has 1 aliphatic carbocycles. The number of rotatable bonds is 8. The molecule has 4 nitrogen and oxygen atoms in total. The lowest BCUT2D eigenvalue weighted by atomic mass is 9.95. The van der Waals surface area contributed by atoms with Crippen molar-refractivity contribution in [1.82, 2.24) is 10.2 Å². The number of hydrogen-bond donors (Lipinski definition) is 2. The van der Waals surface area contributed by atoms with Crippen molar-refractivity contribution in [2.24, 2.45) is 0 Å². The second-order valence-electron chi connectivity index (χ2n) is 7.11. The molecule has 2 atom stereocenters. The average Bonchev–Trinajstić information content (AvgIpc) is 3.26. The summed E-state index contributed by atoms with van der Waals surface area (Å²) in [6, 6.07) is 1.15. The third-order valence-corrected chi connectivity index (χ3v) is 5.16. The normalized spacial score (nSPS) is 27.0. The number of carboxylic acid groups (broad SMARTS) is 1. The number of nitrogens with one attached hydrogen (secondary N) is 1. The molecular formula is C17H32N2O2. The van der Waals surface area contributed by atoms with Crippen molar-refractivity contribution in [3.8, 4) is 0 Å². The van der Waals surface area contributed by atoms with Gasteiger partial charge in [0.05, 0.1) is 0 Å². The van der Waals surface area contributed by atoms with Crippen LogP contribution < -0.4 is 5.32 Å². The predicted octanol–water partition coefficient (Wildman–Crippen LogP) is 3.02. The molecule has 0 bridgehead atoms. The average molecular weight is 296 g/mol. The topological polar surface area (TPSA) is 52.6 Å². The van der Waals surface area contributed by atoms with Crippen LogP contribution in [0.1, 0.15) is 71.6 Å². The standard InChI is InChI=1S/C17H32N2O2/c1-3-15-8-5-4-6-12-19(15)13-7-11-17(2,16(20)21)18-14-9-10-14/h14-15,18H,3-13H2,1-2H3,(H,20,21). The molecule has 21 heavy (non-hydrogen) atoms. The van der Waals surface area contributed by atoms with E-state index in [0.717, 1.165) is 32.2 Å². The van der Waals surface area contributed by atoms with E-state index in [1.807, 2.05) is 6.92 Å². The number of likely N-dealkylation sites (tertiary alicyclic amines) is 1. The first-order valence-corrected chi connectivity index (χ1v) is 8.80. The Balaban J connectivity index is 1.81. The van der Waals surface area contributed by atoms with E-state index < -0.39 is 11.5 Å². The second kappa shape index (κ2) is 7.59. The van der Waals surface area contributed by atoms with Gasteiger partial charge in [-0.25, -0.2) is 0 Å². The number of aliphatic carboxylic acids is 1. The van der Waals surface area contributed by atoms with Crippen LogP contribution in [0.2, 0.25) is 0 Å². The lowest BCUT2D eigenvalue weighted by Crippen LogP contribution is -2.51. The first-order chi connectivity index (χ1) is 10.0. The smallest absolute Gasteiger partial charge is 0.323 e.